The van der Waals surface area contributed by atoms with E-state index in [1.807, 2.05) is 6.07 Å². The Hall–Kier alpha value is -2.88. The summed E-state index contributed by atoms with van der Waals surface area (Å²) >= 11 is 0. The van der Waals surface area contributed by atoms with Gasteiger partial charge in [0, 0.05) is 18.8 Å². The predicted molar refractivity (Wildman–Crippen MR) is 84.1 cm³/mol. The number of ketones is 1. The van der Waals surface area contributed by atoms with Crippen molar-refractivity contribution in [2.24, 2.45) is 11.8 Å². The highest BCUT2D eigenvalue weighted by Gasteiger charge is 2.56. The Bertz CT molecular complexity index is 780. The summed E-state index contributed by atoms with van der Waals surface area (Å²) < 4.78 is 5.56. The molecule has 7 nitrogen and oxygen atoms in total. The molecule has 0 saturated heterocycles. The average molecular weight is 343 g/mol. The van der Waals surface area contributed by atoms with Gasteiger partial charge < -0.3 is 14.9 Å². The van der Waals surface area contributed by atoms with E-state index >= 15 is 0 Å². The summed E-state index contributed by atoms with van der Waals surface area (Å²) in [5.74, 6) is -6.13. The largest absolute Gasteiger partial charge is 0.494 e. The van der Waals surface area contributed by atoms with Crippen molar-refractivity contribution in [2.75, 3.05) is 6.61 Å². The second-order valence-electron chi connectivity index (χ2n) is 6.38. The van der Waals surface area contributed by atoms with Crippen LogP contribution >= 0.6 is 0 Å². The quantitative estimate of drug-likeness (QED) is 0.756. The van der Waals surface area contributed by atoms with Crippen LogP contribution in [0.4, 0.5) is 0 Å². The van der Waals surface area contributed by atoms with Gasteiger partial charge in [-0.1, -0.05) is 6.07 Å². The zero-order valence-corrected chi connectivity index (χ0v) is 13.3. The molecule has 130 valence electrons. The Morgan fingerprint density at radius 2 is 1.92 bits per heavy atom. The van der Waals surface area contributed by atoms with Gasteiger partial charge in [-0.15, -0.1) is 0 Å². The van der Waals surface area contributed by atoms with E-state index in [9.17, 15) is 24.6 Å². The summed E-state index contributed by atoms with van der Waals surface area (Å²) in [6.07, 6.45) is 0.994. The molecule has 0 aromatic heterocycles. The minimum atomic E-state index is -1.26. The van der Waals surface area contributed by atoms with E-state index in [0.717, 1.165) is 5.56 Å². The fraction of sp³-hybridized carbons (Fsp3) is 0.444. The van der Waals surface area contributed by atoms with Gasteiger partial charge in [-0.2, -0.15) is 5.26 Å². The van der Waals surface area contributed by atoms with Gasteiger partial charge in [0.15, 0.2) is 0 Å². The van der Waals surface area contributed by atoms with Gasteiger partial charge in [0.2, 0.25) is 0 Å². The normalized spacial score (nSPS) is 26.6. The number of Topliss-reactive ketones (excluding diaryl/α,β-unsaturated/α-hetero) is 1. The highest BCUT2D eigenvalue weighted by Crippen LogP contribution is 2.54. The van der Waals surface area contributed by atoms with Crippen LogP contribution in [0.1, 0.15) is 42.2 Å². The van der Waals surface area contributed by atoms with Crippen LogP contribution in [0.25, 0.3) is 0 Å². The maximum absolute atomic E-state index is 12.4. The monoisotopic (exact) mass is 343 g/mol. The van der Waals surface area contributed by atoms with Crippen LogP contribution < -0.4 is 4.74 Å². The lowest BCUT2D eigenvalue weighted by molar-refractivity contribution is -0.160. The molecule has 2 bridgehead atoms. The van der Waals surface area contributed by atoms with Crippen LogP contribution in [0.5, 0.6) is 5.75 Å². The first-order valence-corrected chi connectivity index (χ1v) is 8.07. The highest BCUT2D eigenvalue weighted by molar-refractivity contribution is 5.98. The number of hydrogen-bond donors (Lipinski definition) is 2. The maximum Gasteiger partial charge on any atom is 0.308 e. The second kappa shape index (κ2) is 6.55. The number of rotatable bonds is 6. The van der Waals surface area contributed by atoms with Crippen molar-refractivity contribution in [3.05, 3.63) is 29.3 Å². The third-order valence-electron chi connectivity index (χ3n) is 5.01. The fourth-order valence-electron chi connectivity index (χ4n) is 4.01. The Morgan fingerprint density at radius 3 is 2.56 bits per heavy atom. The fourth-order valence-corrected chi connectivity index (χ4v) is 4.01. The van der Waals surface area contributed by atoms with Gasteiger partial charge in [0.1, 0.15) is 11.5 Å². The zero-order chi connectivity index (χ0) is 18.1. The lowest BCUT2D eigenvalue weighted by Crippen LogP contribution is -2.49. The molecule has 1 aromatic rings. The van der Waals surface area contributed by atoms with E-state index in [0.29, 0.717) is 30.8 Å². The van der Waals surface area contributed by atoms with E-state index in [4.69, 9.17) is 10.00 Å². The summed E-state index contributed by atoms with van der Waals surface area (Å²) in [5, 5.41) is 27.5. The number of aliphatic carboxylic acids is 2. The Kier molecular flexibility index (Phi) is 4.45. The topological polar surface area (TPSA) is 125 Å². The van der Waals surface area contributed by atoms with Crippen molar-refractivity contribution in [3.8, 4) is 11.8 Å². The Morgan fingerprint density at radius 1 is 1.20 bits per heavy atom. The molecule has 3 aliphatic rings. The predicted octanol–water partition coefficient (Wildman–Crippen LogP) is 1.92. The van der Waals surface area contributed by atoms with Gasteiger partial charge in [0.25, 0.3) is 0 Å². The number of fused-ring (bicyclic) bond motifs is 2. The lowest BCUT2D eigenvalue weighted by atomic mass is 9.55. The maximum atomic E-state index is 12.4. The van der Waals surface area contributed by atoms with Crippen molar-refractivity contribution >= 4 is 17.7 Å². The van der Waals surface area contributed by atoms with Gasteiger partial charge in [-0.25, -0.2) is 0 Å². The molecule has 7 heteroatoms. The first-order valence-electron chi connectivity index (χ1n) is 8.07. The summed E-state index contributed by atoms with van der Waals surface area (Å²) in [5.41, 5.74) is 1.28. The Labute approximate surface area is 143 Å². The molecule has 4 unspecified atom stereocenters. The third-order valence-corrected chi connectivity index (χ3v) is 5.01. The van der Waals surface area contributed by atoms with Gasteiger partial charge >= 0.3 is 11.9 Å². The Balaban J connectivity index is 1.96. The summed E-state index contributed by atoms with van der Waals surface area (Å²) in [6.45, 7) is 0.342. The SMILES string of the molecule is N#CCCCOc1ccc2c(c1)C1C(=O)CC2C(C(=O)O)C1C(=O)O. The van der Waals surface area contributed by atoms with Crippen molar-refractivity contribution in [1.29, 1.82) is 5.26 Å². The third kappa shape index (κ3) is 2.84. The summed E-state index contributed by atoms with van der Waals surface area (Å²) in [4.78, 5) is 35.7. The number of carboxylic acid groups (broad SMARTS) is 2. The standard InChI is InChI=1S/C18H17NO6/c19-5-1-2-6-25-9-3-4-10-11(7-9)14-13(20)8-12(10)15(17(21)22)16(14)18(23)24/h3-4,7,12,14-16H,1-2,6,8H2,(H,21,22)(H,23,24). The van der Waals surface area contributed by atoms with Crippen LogP contribution in [-0.4, -0.2) is 34.5 Å². The number of ether oxygens (including phenoxy) is 1. The molecule has 4 atom stereocenters. The highest BCUT2D eigenvalue weighted by atomic mass is 16.5. The van der Waals surface area contributed by atoms with Gasteiger partial charge in [-0.05, 0) is 29.7 Å². The number of hydrogen-bond acceptors (Lipinski definition) is 5. The summed E-state index contributed by atoms with van der Waals surface area (Å²) in [7, 11) is 0. The molecule has 1 fully saturated rings. The van der Waals surface area contributed by atoms with Crippen LogP contribution in [0, 0.1) is 23.2 Å². The molecular formula is C18H17NO6. The van der Waals surface area contributed by atoms with Gasteiger partial charge in [-0.3, -0.25) is 14.4 Å². The van der Waals surface area contributed by atoms with E-state index in [2.05, 4.69) is 0 Å². The molecule has 25 heavy (non-hydrogen) atoms. The molecular weight excluding hydrogens is 326 g/mol. The number of nitriles is 1. The van der Waals surface area contributed by atoms with E-state index < -0.39 is 35.6 Å². The summed E-state index contributed by atoms with van der Waals surface area (Å²) in [6, 6.07) is 7.09. The first kappa shape index (κ1) is 17.0. The minimum absolute atomic E-state index is 0.0563. The molecule has 1 aromatic carbocycles. The van der Waals surface area contributed by atoms with Crippen LogP contribution in [-0.2, 0) is 14.4 Å². The van der Waals surface area contributed by atoms with E-state index in [-0.39, 0.29) is 12.2 Å². The second-order valence-corrected chi connectivity index (χ2v) is 6.38. The van der Waals surface area contributed by atoms with Crippen molar-refractivity contribution in [1.82, 2.24) is 0 Å². The number of carbonyl (C=O) groups excluding carboxylic acids is 1. The molecule has 0 aliphatic heterocycles. The molecule has 0 radical (unpaired) electrons. The lowest BCUT2D eigenvalue weighted by Gasteiger charge is -2.45. The number of benzene rings is 1. The van der Waals surface area contributed by atoms with Crippen LogP contribution in [0.3, 0.4) is 0 Å². The minimum Gasteiger partial charge on any atom is -0.494 e. The van der Waals surface area contributed by atoms with E-state index in [1.54, 1.807) is 18.2 Å². The van der Waals surface area contributed by atoms with Crippen LogP contribution in [0.15, 0.2) is 18.2 Å². The van der Waals surface area contributed by atoms with Crippen molar-refractivity contribution in [2.45, 2.75) is 31.1 Å². The molecule has 0 amide bonds. The van der Waals surface area contributed by atoms with Gasteiger partial charge in [0.05, 0.1) is 30.4 Å². The number of carbonyl (C=O) groups is 3. The molecule has 0 heterocycles. The number of unbranched alkanes of at least 4 members (excludes halogenated alkanes) is 1. The molecule has 0 spiro atoms. The van der Waals surface area contributed by atoms with E-state index in [1.165, 1.54) is 0 Å². The molecule has 2 N–H and O–H groups in total. The van der Waals surface area contributed by atoms with Crippen molar-refractivity contribution in [3.63, 3.8) is 0 Å². The first-order chi connectivity index (χ1) is 12.0. The average Bonchev–Trinajstić information content (AvgIpc) is 2.57. The molecule has 4 rings (SSSR count). The number of nitrogens with zero attached hydrogens (tertiary/aromatic N) is 1. The van der Waals surface area contributed by atoms with Crippen molar-refractivity contribution < 1.29 is 29.3 Å². The van der Waals surface area contributed by atoms with Crippen LogP contribution in [0.2, 0.25) is 0 Å². The number of carboxylic acids is 2. The molecule has 1 saturated carbocycles. The molecule has 3 aliphatic carbocycles. The zero-order valence-electron chi connectivity index (χ0n) is 13.3. The smallest absolute Gasteiger partial charge is 0.308 e.